The van der Waals surface area contributed by atoms with Crippen molar-refractivity contribution in [1.29, 1.82) is 0 Å². The Hall–Kier alpha value is -1.55. The fourth-order valence-corrected chi connectivity index (χ4v) is 2.22. The van der Waals surface area contributed by atoms with E-state index in [2.05, 4.69) is 44.1 Å². The van der Waals surface area contributed by atoms with Crippen LogP contribution < -0.4 is 10.2 Å². The van der Waals surface area contributed by atoms with E-state index in [1.807, 2.05) is 6.92 Å². The summed E-state index contributed by atoms with van der Waals surface area (Å²) in [4.78, 5) is 6.84. The van der Waals surface area contributed by atoms with Gasteiger partial charge in [-0.3, -0.25) is 0 Å². The zero-order chi connectivity index (χ0) is 11.0. The summed E-state index contributed by atoms with van der Waals surface area (Å²) >= 11 is 0. The minimum atomic E-state index is 1.02. The second kappa shape index (κ2) is 3.79. The number of rotatable bonds is 1. The summed E-state index contributed by atoms with van der Waals surface area (Å²) in [6.07, 6.45) is 4.24. The van der Waals surface area contributed by atoms with Gasteiger partial charge in [0, 0.05) is 38.6 Å². The van der Waals surface area contributed by atoms with Crippen LogP contribution in [0.15, 0.2) is 24.5 Å². The van der Waals surface area contributed by atoms with E-state index in [4.69, 9.17) is 0 Å². The van der Waals surface area contributed by atoms with Crippen LogP contribution in [0, 0.1) is 6.92 Å². The third-order valence-corrected chi connectivity index (χ3v) is 3.04. The highest BCUT2D eigenvalue weighted by Gasteiger charge is 2.10. The van der Waals surface area contributed by atoms with Gasteiger partial charge >= 0.3 is 0 Å². The van der Waals surface area contributed by atoms with Gasteiger partial charge in [-0.05, 0) is 19.1 Å². The Kier molecular flexibility index (Phi) is 2.29. The van der Waals surface area contributed by atoms with E-state index in [1.54, 1.807) is 0 Å². The van der Waals surface area contributed by atoms with Crippen molar-refractivity contribution in [2.75, 3.05) is 31.1 Å². The number of pyridine rings is 1. The molecule has 3 rings (SSSR count). The SMILES string of the molecule is Cc1cn2cc(N3CCNCC3)ccc2n1. The molecule has 0 unspecified atom stereocenters. The summed E-state index contributed by atoms with van der Waals surface area (Å²) in [5.41, 5.74) is 3.38. The number of nitrogens with zero attached hydrogens (tertiary/aromatic N) is 3. The maximum atomic E-state index is 4.43. The van der Waals surface area contributed by atoms with Crippen molar-refractivity contribution >= 4 is 11.3 Å². The lowest BCUT2D eigenvalue weighted by molar-refractivity contribution is 0.588. The molecule has 0 radical (unpaired) electrons. The predicted molar refractivity (Wildman–Crippen MR) is 65.0 cm³/mol. The summed E-state index contributed by atoms with van der Waals surface area (Å²) in [5.74, 6) is 0. The molecule has 3 heterocycles. The molecule has 1 fully saturated rings. The Morgan fingerprint density at radius 3 is 2.81 bits per heavy atom. The number of imidazole rings is 1. The molecule has 2 aromatic rings. The minimum absolute atomic E-state index is 1.02. The molecule has 84 valence electrons. The second-order valence-corrected chi connectivity index (χ2v) is 4.27. The second-order valence-electron chi connectivity index (χ2n) is 4.27. The molecule has 0 amide bonds. The van der Waals surface area contributed by atoms with Crippen LogP contribution >= 0.6 is 0 Å². The molecular weight excluding hydrogens is 200 g/mol. The average Bonchev–Trinajstić information content (AvgIpc) is 2.69. The van der Waals surface area contributed by atoms with Crippen LogP contribution in [0.3, 0.4) is 0 Å². The van der Waals surface area contributed by atoms with E-state index in [9.17, 15) is 0 Å². The molecule has 16 heavy (non-hydrogen) atoms. The lowest BCUT2D eigenvalue weighted by Gasteiger charge is -2.29. The number of anilines is 1. The normalized spacial score (nSPS) is 16.9. The van der Waals surface area contributed by atoms with E-state index >= 15 is 0 Å². The smallest absolute Gasteiger partial charge is 0.137 e. The van der Waals surface area contributed by atoms with Crippen LogP contribution in [0.2, 0.25) is 0 Å². The molecule has 4 nitrogen and oxygen atoms in total. The molecule has 0 spiro atoms. The Labute approximate surface area is 94.9 Å². The zero-order valence-corrected chi connectivity index (χ0v) is 9.48. The van der Waals surface area contributed by atoms with Gasteiger partial charge in [-0.2, -0.15) is 0 Å². The molecule has 0 aromatic carbocycles. The predicted octanol–water partition coefficient (Wildman–Crippen LogP) is 1.05. The highest BCUT2D eigenvalue weighted by atomic mass is 15.2. The molecular formula is C12H16N4. The van der Waals surface area contributed by atoms with Gasteiger partial charge in [-0.15, -0.1) is 0 Å². The summed E-state index contributed by atoms with van der Waals surface area (Å²) in [5, 5.41) is 3.36. The number of hydrogen-bond donors (Lipinski definition) is 1. The Bertz CT molecular complexity index is 497. The quantitative estimate of drug-likeness (QED) is 0.773. The van der Waals surface area contributed by atoms with Gasteiger partial charge in [0.25, 0.3) is 0 Å². The summed E-state index contributed by atoms with van der Waals surface area (Å²) < 4.78 is 2.10. The van der Waals surface area contributed by atoms with Gasteiger partial charge in [0.05, 0.1) is 11.4 Å². The van der Waals surface area contributed by atoms with Gasteiger partial charge in [0.1, 0.15) is 5.65 Å². The van der Waals surface area contributed by atoms with Crippen molar-refractivity contribution in [1.82, 2.24) is 14.7 Å². The lowest BCUT2D eigenvalue weighted by atomic mass is 10.3. The maximum absolute atomic E-state index is 4.43. The molecule has 0 bridgehead atoms. The first-order valence-electron chi connectivity index (χ1n) is 5.74. The first kappa shape index (κ1) is 9.66. The largest absolute Gasteiger partial charge is 0.368 e. The molecule has 2 aromatic heterocycles. The fourth-order valence-electron chi connectivity index (χ4n) is 2.22. The topological polar surface area (TPSA) is 32.6 Å². The fraction of sp³-hybridized carbons (Fsp3) is 0.417. The van der Waals surface area contributed by atoms with Gasteiger partial charge in [-0.25, -0.2) is 4.98 Å². The molecule has 1 aliphatic heterocycles. The molecule has 4 heteroatoms. The first-order chi connectivity index (χ1) is 7.83. The van der Waals surface area contributed by atoms with Gasteiger partial charge in [0.15, 0.2) is 0 Å². The molecule has 0 atom stereocenters. The Balaban J connectivity index is 1.97. The highest BCUT2D eigenvalue weighted by Crippen LogP contribution is 2.16. The molecule has 1 N–H and O–H groups in total. The number of aromatic nitrogens is 2. The van der Waals surface area contributed by atoms with E-state index in [0.717, 1.165) is 37.5 Å². The average molecular weight is 216 g/mol. The van der Waals surface area contributed by atoms with Gasteiger partial charge in [0.2, 0.25) is 0 Å². The van der Waals surface area contributed by atoms with Crippen LogP contribution in [0.25, 0.3) is 5.65 Å². The van der Waals surface area contributed by atoms with E-state index < -0.39 is 0 Å². The molecule has 1 saturated heterocycles. The van der Waals surface area contributed by atoms with Crippen molar-refractivity contribution in [2.45, 2.75) is 6.92 Å². The third-order valence-electron chi connectivity index (χ3n) is 3.04. The number of nitrogens with one attached hydrogen (secondary N) is 1. The maximum Gasteiger partial charge on any atom is 0.137 e. The summed E-state index contributed by atoms with van der Waals surface area (Å²) in [7, 11) is 0. The first-order valence-corrected chi connectivity index (χ1v) is 5.74. The van der Waals surface area contributed by atoms with Crippen molar-refractivity contribution < 1.29 is 0 Å². The zero-order valence-electron chi connectivity index (χ0n) is 9.48. The van der Waals surface area contributed by atoms with Gasteiger partial charge in [-0.1, -0.05) is 0 Å². The van der Waals surface area contributed by atoms with E-state index in [1.165, 1.54) is 5.69 Å². The molecule has 0 saturated carbocycles. The van der Waals surface area contributed by atoms with Crippen molar-refractivity contribution in [3.05, 3.63) is 30.2 Å². The molecule has 1 aliphatic rings. The van der Waals surface area contributed by atoms with Crippen LogP contribution in [0.5, 0.6) is 0 Å². The highest BCUT2D eigenvalue weighted by molar-refractivity contribution is 5.52. The van der Waals surface area contributed by atoms with E-state index in [0.29, 0.717) is 0 Å². The van der Waals surface area contributed by atoms with Crippen LogP contribution in [0.4, 0.5) is 5.69 Å². The monoisotopic (exact) mass is 216 g/mol. The van der Waals surface area contributed by atoms with Crippen molar-refractivity contribution in [3.8, 4) is 0 Å². The number of fused-ring (bicyclic) bond motifs is 1. The standard InChI is InChI=1S/C12H16N4/c1-10-8-16-9-11(2-3-12(16)14-10)15-6-4-13-5-7-15/h2-3,8-9,13H,4-7H2,1H3. The number of piperazine rings is 1. The third kappa shape index (κ3) is 1.65. The molecule has 0 aliphatic carbocycles. The summed E-state index contributed by atoms with van der Waals surface area (Å²) in [6.45, 7) is 6.33. The lowest BCUT2D eigenvalue weighted by Crippen LogP contribution is -2.43. The minimum Gasteiger partial charge on any atom is -0.368 e. The van der Waals surface area contributed by atoms with Crippen molar-refractivity contribution in [3.63, 3.8) is 0 Å². The van der Waals surface area contributed by atoms with E-state index in [-0.39, 0.29) is 0 Å². The number of hydrogen-bond acceptors (Lipinski definition) is 3. The Morgan fingerprint density at radius 2 is 2.00 bits per heavy atom. The summed E-state index contributed by atoms with van der Waals surface area (Å²) in [6, 6.07) is 4.25. The van der Waals surface area contributed by atoms with Crippen LogP contribution in [-0.2, 0) is 0 Å². The Morgan fingerprint density at radius 1 is 1.19 bits per heavy atom. The van der Waals surface area contributed by atoms with Crippen molar-refractivity contribution in [2.24, 2.45) is 0 Å². The van der Waals surface area contributed by atoms with Crippen LogP contribution in [-0.4, -0.2) is 35.6 Å². The number of aryl methyl sites for hydroxylation is 1. The van der Waals surface area contributed by atoms with Crippen LogP contribution in [0.1, 0.15) is 5.69 Å². The van der Waals surface area contributed by atoms with Gasteiger partial charge < -0.3 is 14.6 Å².